The van der Waals surface area contributed by atoms with Crippen molar-refractivity contribution in [3.8, 4) is 0 Å². The van der Waals surface area contributed by atoms with Crippen LogP contribution < -0.4 is 5.32 Å². The van der Waals surface area contributed by atoms with E-state index in [0.29, 0.717) is 17.9 Å². The average molecular weight is 382 g/mol. The van der Waals surface area contributed by atoms with Crippen molar-refractivity contribution in [1.82, 2.24) is 5.16 Å². The highest BCUT2D eigenvalue weighted by molar-refractivity contribution is 6.34. The fraction of sp³-hybridized carbons (Fsp3) is 0.312. The van der Waals surface area contributed by atoms with Crippen molar-refractivity contribution in [1.29, 1.82) is 0 Å². The molecule has 0 saturated carbocycles. The summed E-state index contributed by atoms with van der Waals surface area (Å²) in [6, 6.07) is 3.63. The smallest absolute Gasteiger partial charge is 0.306 e. The predicted molar refractivity (Wildman–Crippen MR) is 92.0 cm³/mol. The van der Waals surface area contributed by atoms with Gasteiger partial charge in [-0.15, -0.1) is 0 Å². The van der Waals surface area contributed by atoms with Gasteiger partial charge in [0.15, 0.2) is 6.61 Å². The number of amides is 1. The number of aromatic nitrogens is 1. The Morgan fingerprint density at radius 3 is 2.69 bits per heavy atom. The SMILES string of the molecule is Cc1noc(C)c1CCC(=O)OCC(=O)Nc1ccc([N+](=O)[O-])cc1Cl. The van der Waals surface area contributed by atoms with Gasteiger partial charge >= 0.3 is 5.97 Å². The lowest BCUT2D eigenvalue weighted by Crippen LogP contribution is -2.21. The molecule has 9 nitrogen and oxygen atoms in total. The van der Waals surface area contributed by atoms with E-state index in [2.05, 4.69) is 10.5 Å². The molecule has 0 radical (unpaired) electrons. The molecule has 2 rings (SSSR count). The number of hydrogen-bond acceptors (Lipinski definition) is 7. The highest BCUT2D eigenvalue weighted by Gasteiger charge is 2.15. The highest BCUT2D eigenvalue weighted by Crippen LogP contribution is 2.26. The van der Waals surface area contributed by atoms with Gasteiger partial charge in [0.1, 0.15) is 5.76 Å². The maximum atomic E-state index is 11.8. The topological polar surface area (TPSA) is 125 Å². The second kappa shape index (κ2) is 8.43. The molecule has 1 aromatic carbocycles. The second-order valence-corrected chi connectivity index (χ2v) is 5.84. The molecule has 0 atom stereocenters. The van der Waals surface area contributed by atoms with E-state index in [1.165, 1.54) is 12.1 Å². The van der Waals surface area contributed by atoms with Gasteiger partial charge in [-0.25, -0.2) is 0 Å². The largest absolute Gasteiger partial charge is 0.456 e. The minimum Gasteiger partial charge on any atom is -0.456 e. The summed E-state index contributed by atoms with van der Waals surface area (Å²) in [4.78, 5) is 33.6. The van der Waals surface area contributed by atoms with Crippen LogP contribution in [0.15, 0.2) is 22.7 Å². The van der Waals surface area contributed by atoms with Crippen molar-refractivity contribution < 1.29 is 23.8 Å². The summed E-state index contributed by atoms with van der Waals surface area (Å²) in [5.74, 6) is -0.512. The predicted octanol–water partition coefficient (Wildman–Crippen LogP) is 2.97. The number of anilines is 1. The summed E-state index contributed by atoms with van der Waals surface area (Å²) in [6.45, 7) is 3.04. The third-order valence-corrected chi connectivity index (χ3v) is 3.87. The zero-order chi connectivity index (χ0) is 19.3. The summed E-state index contributed by atoms with van der Waals surface area (Å²) in [7, 11) is 0. The molecule has 1 aromatic heterocycles. The Kier molecular flexibility index (Phi) is 6.29. The number of carbonyl (C=O) groups is 2. The normalized spacial score (nSPS) is 10.4. The first-order valence-corrected chi connectivity index (χ1v) is 7.97. The van der Waals surface area contributed by atoms with Gasteiger partial charge in [-0.1, -0.05) is 16.8 Å². The fourth-order valence-corrected chi connectivity index (χ4v) is 2.43. The number of non-ortho nitro benzene ring substituents is 1. The van der Waals surface area contributed by atoms with E-state index in [0.717, 1.165) is 11.6 Å². The van der Waals surface area contributed by atoms with Crippen molar-refractivity contribution in [3.63, 3.8) is 0 Å². The van der Waals surface area contributed by atoms with Crippen molar-refractivity contribution in [2.45, 2.75) is 26.7 Å². The monoisotopic (exact) mass is 381 g/mol. The summed E-state index contributed by atoms with van der Waals surface area (Å²) >= 11 is 5.87. The van der Waals surface area contributed by atoms with Crippen molar-refractivity contribution in [2.24, 2.45) is 0 Å². The van der Waals surface area contributed by atoms with Crippen molar-refractivity contribution in [3.05, 3.63) is 50.4 Å². The van der Waals surface area contributed by atoms with Crippen LogP contribution in [-0.4, -0.2) is 28.6 Å². The van der Waals surface area contributed by atoms with E-state index in [1.54, 1.807) is 13.8 Å². The molecular weight excluding hydrogens is 366 g/mol. The Hall–Kier alpha value is -2.94. The fourth-order valence-electron chi connectivity index (χ4n) is 2.21. The van der Waals surface area contributed by atoms with E-state index in [9.17, 15) is 19.7 Å². The van der Waals surface area contributed by atoms with Gasteiger partial charge < -0.3 is 14.6 Å². The molecule has 0 aliphatic carbocycles. The van der Waals surface area contributed by atoms with E-state index in [-0.39, 0.29) is 22.8 Å². The summed E-state index contributed by atoms with van der Waals surface area (Å²) < 4.78 is 9.91. The summed E-state index contributed by atoms with van der Waals surface area (Å²) in [6.07, 6.45) is 0.476. The van der Waals surface area contributed by atoms with E-state index < -0.39 is 23.4 Å². The number of esters is 1. The van der Waals surface area contributed by atoms with Crippen LogP contribution in [0.25, 0.3) is 0 Å². The van der Waals surface area contributed by atoms with Crippen molar-refractivity contribution >= 4 is 34.9 Å². The summed E-state index contributed by atoms with van der Waals surface area (Å²) in [5.41, 5.74) is 1.54. The molecule has 0 aliphatic rings. The molecular formula is C16H16ClN3O6. The Morgan fingerprint density at radius 2 is 2.12 bits per heavy atom. The second-order valence-electron chi connectivity index (χ2n) is 5.43. The van der Waals surface area contributed by atoms with Crippen molar-refractivity contribution in [2.75, 3.05) is 11.9 Å². The van der Waals surface area contributed by atoms with E-state index in [4.69, 9.17) is 20.9 Å². The molecule has 26 heavy (non-hydrogen) atoms. The van der Waals surface area contributed by atoms with E-state index >= 15 is 0 Å². The Bertz CT molecular complexity index is 829. The Labute approximate surface area is 153 Å². The molecule has 1 amide bonds. The Balaban J connectivity index is 1.81. The molecule has 10 heteroatoms. The molecule has 1 N–H and O–H groups in total. The molecule has 0 bridgehead atoms. The molecule has 1 heterocycles. The number of nitro benzene ring substituents is 1. The molecule has 0 unspecified atom stereocenters. The summed E-state index contributed by atoms with van der Waals surface area (Å²) in [5, 5.41) is 16.9. The lowest BCUT2D eigenvalue weighted by Gasteiger charge is -2.08. The number of carbonyl (C=O) groups excluding carboxylic acids is 2. The zero-order valence-corrected chi connectivity index (χ0v) is 14.8. The molecule has 0 saturated heterocycles. The van der Waals surface area contributed by atoms with Crippen LogP contribution in [0.4, 0.5) is 11.4 Å². The first-order valence-electron chi connectivity index (χ1n) is 7.59. The average Bonchev–Trinajstić information content (AvgIpc) is 2.91. The number of benzene rings is 1. The van der Waals surface area contributed by atoms with Gasteiger partial charge in [0.05, 0.1) is 21.3 Å². The Morgan fingerprint density at radius 1 is 1.38 bits per heavy atom. The molecule has 0 fully saturated rings. The van der Waals surface area contributed by atoms with Gasteiger partial charge in [0.25, 0.3) is 11.6 Å². The number of hydrogen-bond donors (Lipinski definition) is 1. The van der Waals surface area contributed by atoms with Crippen LogP contribution in [0.3, 0.4) is 0 Å². The van der Waals surface area contributed by atoms with Gasteiger partial charge in [-0.2, -0.15) is 0 Å². The standard InChI is InChI=1S/C16H16ClN3O6/c1-9-12(10(2)26-19-9)4-6-16(22)25-8-15(21)18-14-5-3-11(20(23)24)7-13(14)17/h3,5,7H,4,6,8H2,1-2H3,(H,18,21). The van der Waals surface area contributed by atoms with Gasteiger partial charge in [-0.3, -0.25) is 19.7 Å². The third-order valence-electron chi connectivity index (χ3n) is 3.56. The van der Waals surface area contributed by atoms with Crippen LogP contribution in [0, 0.1) is 24.0 Å². The number of halogens is 1. The molecule has 0 aliphatic heterocycles. The lowest BCUT2D eigenvalue weighted by molar-refractivity contribution is -0.384. The van der Waals surface area contributed by atoms with Crippen LogP contribution >= 0.6 is 11.6 Å². The minimum atomic E-state index is -0.605. The molecule has 0 spiro atoms. The molecule has 2 aromatic rings. The van der Waals surface area contributed by atoms with Crippen LogP contribution in [-0.2, 0) is 20.7 Å². The van der Waals surface area contributed by atoms with Crippen LogP contribution in [0.2, 0.25) is 5.02 Å². The number of nitrogens with one attached hydrogen (secondary N) is 1. The van der Waals surface area contributed by atoms with Gasteiger partial charge in [0, 0.05) is 24.1 Å². The molecule has 138 valence electrons. The number of nitrogens with zero attached hydrogens (tertiary/aromatic N) is 2. The minimum absolute atomic E-state index is 0.0114. The first-order chi connectivity index (χ1) is 12.3. The number of aryl methyl sites for hydroxylation is 2. The quantitative estimate of drug-likeness (QED) is 0.444. The van der Waals surface area contributed by atoms with Gasteiger partial charge in [0.2, 0.25) is 0 Å². The van der Waals surface area contributed by atoms with Crippen LogP contribution in [0.1, 0.15) is 23.4 Å². The van der Waals surface area contributed by atoms with Gasteiger partial charge in [-0.05, 0) is 26.3 Å². The zero-order valence-electron chi connectivity index (χ0n) is 14.1. The van der Waals surface area contributed by atoms with E-state index in [1.807, 2.05) is 0 Å². The lowest BCUT2D eigenvalue weighted by atomic mass is 10.1. The maximum absolute atomic E-state index is 11.8. The number of rotatable bonds is 7. The van der Waals surface area contributed by atoms with Crippen LogP contribution in [0.5, 0.6) is 0 Å². The highest BCUT2D eigenvalue weighted by atomic mass is 35.5. The third kappa shape index (κ3) is 5.03. The maximum Gasteiger partial charge on any atom is 0.306 e. The first kappa shape index (κ1) is 19.4. The number of ether oxygens (including phenoxy) is 1. The number of nitro groups is 1.